The van der Waals surface area contributed by atoms with Crippen LogP contribution in [0, 0.1) is 0 Å². The highest BCUT2D eigenvalue weighted by atomic mass is 16.6. The van der Waals surface area contributed by atoms with E-state index in [9.17, 15) is 4.79 Å². The highest BCUT2D eigenvalue weighted by Gasteiger charge is 2.19. The Labute approximate surface area is 91.7 Å². The van der Waals surface area contributed by atoms with E-state index < -0.39 is 5.60 Å². The summed E-state index contributed by atoms with van der Waals surface area (Å²) >= 11 is 0. The zero-order valence-corrected chi connectivity index (χ0v) is 9.69. The molecule has 0 rings (SSSR count). The normalized spacial score (nSPS) is 11.1. The first kappa shape index (κ1) is 13.5. The van der Waals surface area contributed by atoms with Crippen molar-refractivity contribution in [2.75, 3.05) is 6.54 Å². The fourth-order valence-electron chi connectivity index (χ4n) is 0.821. The summed E-state index contributed by atoms with van der Waals surface area (Å²) < 4.78 is 5.20. The number of hydrogen-bond acceptors (Lipinski definition) is 2. The molecule has 0 spiro atoms. The van der Waals surface area contributed by atoms with Crippen LogP contribution in [0.15, 0.2) is 37.6 Å². The van der Waals surface area contributed by atoms with Gasteiger partial charge >= 0.3 is 6.09 Å². The summed E-state index contributed by atoms with van der Waals surface area (Å²) in [4.78, 5) is 13.1. The summed E-state index contributed by atoms with van der Waals surface area (Å²) in [6.45, 7) is 13.0. The van der Waals surface area contributed by atoms with Gasteiger partial charge in [0.2, 0.25) is 0 Å². The monoisotopic (exact) mass is 209 g/mol. The Kier molecular flexibility index (Phi) is 5.45. The molecule has 0 saturated heterocycles. The number of allylic oxidation sites excluding steroid dienone is 2. The molecule has 0 heterocycles. The van der Waals surface area contributed by atoms with Gasteiger partial charge < -0.3 is 4.74 Å². The van der Waals surface area contributed by atoms with Crippen molar-refractivity contribution in [2.45, 2.75) is 26.4 Å². The number of ether oxygens (including phenoxy) is 1. The molecule has 0 N–H and O–H groups in total. The van der Waals surface area contributed by atoms with Crippen LogP contribution >= 0.6 is 0 Å². The van der Waals surface area contributed by atoms with Gasteiger partial charge in [0.05, 0.1) is 0 Å². The Bertz CT molecular complexity index is 261. The number of hydrogen-bond donors (Lipinski definition) is 0. The van der Waals surface area contributed by atoms with Crippen molar-refractivity contribution in [2.24, 2.45) is 0 Å². The maximum atomic E-state index is 11.6. The molecule has 0 aromatic heterocycles. The SMILES string of the molecule is C=C/C=C/N(CC=C)C(=O)OC(C)(C)C. The Balaban J connectivity index is 4.48. The van der Waals surface area contributed by atoms with Gasteiger partial charge in [0.1, 0.15) is 5.60 Å². The highest BCUT2D eigenvalue weighted by molar-refractivity contribution is 5.69. The van der Waals surface area contributed by atoms with E-state index in [2.05, 4.69) is 13.2 Å². The molecular weight excluding hydrogens is 190 g/mol. The molecule has 1 amide bonds. The highest BCUT2D eigenvalue weighted by Crippen LogP contribution is 2.10. The average Bonchev–Trinajstić information content (AvgIpc) is 2.09. The molecule has 15 heavy (non-hydrogen) atoms. The molecule has 3 nitrogen and oxygen atoms in total. The second kappa shape index (κ2) is 6.06. The first-order chi connectivity index (χ1) is 6.90. The van der Waals surface area contributed by atoms with Crippen LogP contribution < -0.4 is 0 Å². The number of carbonyl (C=O) groups is 1. The molecular formula is C12H19NO2. The van der Waals surface area contributed by atoms with Gasteiger partial charge in [-0.15, -0.1) is 6.58 Å². The van der Waals surface area contributed by atoms with E-state index in [4.69, 9.17) is 4.74 Å². The lowest BCUT2D eigenvalue weighted by Gasteiger charge is -2.24. The number of amides is 1. The summed E-state index contributed by atoms with van der Waals surface area (Å²) in [6.07, 6.45) is 6.13. The molecule has 3 heteroatoms. The molecule has 0 aromatic carbocycles. The van der Waals surface area contributed by atoms with Gasteiger partial charge in [-0.25, -0.2) is 4.79 Å². The average molecular weight is 209 g/mol. The molecule has 0 aliphatic rings. The van der Waals surface area contributed by atoms with Crippen LogP contribution in [0.25, 0.3) is 0 Å². The van der Waals surface area contributed by atoms with Crippen molar-refractivity contribution in [3.63, 3.8) is 0 Å². The Morgan fingerprint density at radius 2 is 2.00 bits per heavy atom. The minimum atomic E-state index is -0.488. The molecule has 0 atom stereocenters. The second-order valence-corrected chi connectivity index (χ2v) is 4.00. The van der Waals surface area contributed by atoms with Gasteiger partial charge in [-0.2, -0.15) is 0 Å². The molecule has 0 unspecified atom stereocenters. The standard InChI is InChI=1S/C12H19NO2/c1-6-8-10-13(9-7-2)11(14)15-12(3,4)5/h6-8,10H,1-2,9H2,3-5H3/b10-8+. The largest absolute Gasteiger partial charge is 0.443 e. The van der Waals surface area contributed by atoms with E-state index in [1.165, 1.54) is 4.90 Å². The molecule has 0 radical (unpaired) electrons. The van der Waals surface area contributed by atoms with Crippen LogP contribution in [0.2, 0.25) is 0 Å². The van der Waals surface area contributed by atoms with Crippen molar-refractivity contribution >= 4 is 6.09 Å². The van der Waals surface area contributed by atoms with Crippen LogP contribution in [0.5, 0.6) is 0 Å². The van der Waals surface area contributed by atoms with Gasteiger partial charge in [-0.3, -0.25) is 4.90 Å². The number of nitrogens with zero attached hydrogens (tertiary/aromatic N) is 1. The van der Waals surface area contributed by atoms with Crippen molar-refractivity contribution in [1.29, 1.82) is 0 Å². The third-order valence-electron chi connectivity index (χ3n) is 1.36. The van der Waals surface area contributed by atoms with Crippen molar-refractivity contribution in [1.82, 2.24) is 4.90 Å². The van der Waals surface area contributed by atoms with E-state index in [1.54, 1.807) is 24.4 Å². The van der Waals surface area contributed by atoms with Crippen LogP contribution in [-0.4, -0.2) is 23.1 Å². The van der Waals surface area contributed by atoms with Crippen LogP contribution in [0.4, 0.5) is 4.79 Å². The summed E-state index contributed by atoms with van der Waals surface area (Å²) in [7, 11) is 0. The van der Waals surface area contributed by atoms with Crippen molar-refractivity contribution in [3.05, 3.63) is 37.6 Å². The quantitative estimate of drug-likeness (QED) is 0.526. The lowest BCUT2D eigenvalue weighted by molar-refractivity contribution is 0.0352. The minimum absolute atomic E-state index is 0.388. The number of carbonyl (C=O) groups excluding carboxylic acids is 1. The molecule has 0 bridgehead atoms. The van der Waals surface area contributed by atoms with Gasteiger partial charge in [0.15, 0.2) is 0 Å². The third kappa shape index (κ3) is 6.55. The predicted molar refractivity (Wildman–Crippen MR) is 62.5 cm³/mol. The molecule has 0 aliphatic heterocycles. The molecule has 0 saturated carbocycles. The Morgan fingerprint density at radius 1 is 1.40 bits per heavy atom. The molecule has 0 fully saturated rings. The zero-order chi connectivity index (χ0) is 11.9. The van der Waals surface area contributed by atoms with E-state index >= 15 is 0 Å². The van der Waals surface area contributed by atoms with Gasteiger partial charge in [-0.05, 0) is 26.8 Å². The Hall–Kier alpha value is -1.51. The topological polar surface area (TPSA) is 29.5 Å². The van der Waals surface area contributed by atoms with Crippen molar-refractivity contribution < 1.29 is 9.53 Å². The lowest BCUT2D eigenvalue weighted by atomic mass is 10.2. The van der Waals surface area contributed by atoms with E-state index in [1.807, 2.05) is 20.8 Å². The third-order valence-corrected chi connectivity index (χ3v) is 1.36. The fourth-order valence-corrected chi connectivity index (χ4v) is 0.821. The maximum absolute atomic E-state index is 11.6. The van der Waals surface area contributed by atoms with E-state index in [0.29, 0.717) is 6.54 Å². The summed E-state index contributed by atoms with van der Waals surface area (Å²) in [5.41, 5.74) is -0.488. The fraction of sp³-hybridized carbons (Fsp3) is 0.417. The first-order valence-corrected chi connectivity index (χ1v) is 4.80. The lowest BCUT2D eigenvalue weighted by Crippen LogP contribution is -2.33. The zero-order valence-electron chi connectivity index (χ0n) is 9.69. The maximum Gasteiger partial charge on any atom is 0.414 e. The van der Waals surface area contributed by atoms with E-state index in [-0.39, 0.29) is 6.09 Å². The Morgan fingerprint density at radius 3 is 2.40 bits per heavy atom. The van der Waals surface area contributed by atoms with E-state index in [0.717, 1.165) is 0 Å². The van der Waals surface area contributed by atoms with Gasteiger partial charge in [-0.1, -0.05) is 18.7 Å². The van der Waals surface area contributed by atoms with Crippen LogP contribution in [-0.2, 0) is 4.74 Å². The van der Waals surface area contributed by atoms with Crippen LogP contribution in [0.1, 0.15) is 20.8 Å². The molecule has 0 aliphatic carbocycles. The summed E-state index contributed by atoms with van der Waals surface area (Å²) in [6, 6.07) is 0. The van der Waals surface area contributed by atoms with Gasteiger partial charge in [0.25, 0.3) is 0 Å². The molecule has 84 valence electrons. The predicted octanol–water partition coefficient (Wildman–Crippen LogP) is 3.11. The number of rotatable bonds is 4. The second-order valence-electron chi connectivity index (χ2n) is 4.00. The molecule has 0 aromatic rings. The van der Waals surface area contributed by atoms with Gasteiger partial charge in [0, 0.05) is 12.7 Å². The van der Waals surface area contributed by atoms with Crippen molar-refractivity contribution in [3.8, 4) is 0 Å². The summed E-state index contributed by atoms with van der Waals surface area (Å²) in [5, 5.41) is 0. The smallest absolute Gasteiger partial charge is 0.414 e. The minimum Gasteiger partial charge on any atom is -0.443 e. The van der Waals surface area contributed by atoms with Crippen LogP contribution in [0.3, 0.4) is 0 Å². The summed E-state index contributed by atoms with van der Waals surface area (Å²) in [5.74, 6) is 0. The first-order valence-electron chi connectivity index (χ1n) is 4.80.